The van der Waals surface area contributed by atoms with Crippen molar-refractivity contribution >= 4 is 41.3 Å². The Hall–Kier alpha value is -4.72. The van der Waals surface area contributed by atoms with Crippen LogP contribution in [0.5, 0.6) is 5.75 Å². The van der Waals surface area contributed by atoms with Gasteiger partial charge >= 0.3 is 17.9 Å². The highest BCUT2D eigenvalue weighted by Crippen LogP contribution is 2.43. The molecular weight excluding hydrogens is 744 g/mol. The fourth-order valence-electron chi connectivity index (χ4n) is 6.55. The van der Waals surface area contributed by atoms with Gasteiger partial charge in [-0.05, 0) is 55.5 Å². The number of rotatable bonds is 12. The molecule has 0 aliphatic carbocycles. The summed E-state index contributed by atoms with van der Waals surface area (Å²) in [5, 5.41) is 5.72. The number of hydrogen-bond acceptors (Lipinski definition) is 11. The van der Waals surface area contributed by atoms with Gasteiger partial charge in [0.1, 0.15) is 30.6 Å². The molecule has 1 saturated heterocycles. The molecule has 0 spiro atoms. The van der Waals surface area contributed by atoms with Crippen LogP contribution in [-0.4, -0.2) is 80.1 Å². The van der Waals surface area contributed by atoms with Crippen LogP contribution < -0.4 is 15.4 Å². The Morgan fingerprint density at radius 2 is 1.77 bits per heavy atom. The van der Waals surface area contributed by atoms with Gasteiger partial charge < -0.3 is 39.1 Å². The zero-order valence-electron chi connectivity index (χ0n) is 32.8. The molecular formula is C42H53ClN2O11. The summed E-state index contributed by atoms with van der Waals surface area (Å²) in [6.07, 6.45) is 0.602. The van der Waals surface area contributed by atoms with Gasteiger partial charge in [0, 0.05) is 25.3 Å². The van der Waals surface area contributed by atoms with E-state index in [9.17, 15) is 24.0 Å². The molecule has 13 nitrogen and oxygen atoms in total. The second-order valence-electron chi connectivity index (χ2n) is 14.8. The number of carbonyl (C=O) groups excluding carboxylic acids is 5. The standard InChI is InChI=1S/C42H53ClN2O11/c1-8-19-52-36(47)23-29-24-44-39(48)31(22-27-17-18-33(51-7)30(43)21-27)45-35(46)16-12-15-32(53-41(50)34(20-25(2)3)54-40(29)49)26(4)37-38(56-42(5,6)55-37)28-13-10-9-11-14-28/h8-14,16-18,21,25-26,29,31-32,34,37-38H,1,15,19-20,22-24H2,2-7H3,(H,44,48)(H,45,46)/b16-12+/t26-,29+,31+,32-,34-,37+,38+/m0/s1. The van der Waals surface area contributed by atoms with Gasteiger partial charge in [-0.25, -0.2) is 4.79 Å². The first kappa shape index (κ1) is 44.0. The van der Waals surface area contributed by atoms with Crippen molar-refractivity contribution in [3.63, 3.8) is 0 Å². The fourth-order valence-corrected chi connectivity index (χ4v) is 6.83. The summed E-state index contributed by atoms with van der Waals surface area (Å²) in [6, 6.07) is 13.4. The van der Waals surface area contributed by atoms with E-state index >= 15 is 0 Å². The normalized spacial score (nSPS) is 25.9. The predicted molar refractivity (Wildman–Crippen MR) is 207 cm³/mol. The lowest BCUT2D eigenvalue weighted by molar-refractivity contribution is -0.180. The molecule has 14 heteroatoms. The summed E-state index contributed by atoms with van der Waals surface area (Å²) < 4.78 is 35.1. The number of cyclic esters (lactones) is 2. The number of carbonyl (C=O) groups is 5. The van der Waals surface area contributed by atoms with Crippen molar-refractivity contribution in [3.8, 4) is 5.75 Å². The van der Waals surface area contributed by atoms with Crippen molar-refractivity contribution in [1.82, 2.24) is 10.6 Å². The first-order valence-electron chi connectivity index (χ1n) is 18.8. The molecule has 2 aromatic rings. The molecule has 0 saturated carbocycles. The van der Waals surface area contributed by atoms with E-state index in [2.05, 4.69) is 17.2 Å². The molecule has 0 unspecified atom stereocenters. The van der Waals surface area contributed by atoms with Crippen molar-refractivity contribution in [2.24, 2.45) is 17.8 Å². The van der Waals surface area contributed by atoms with Gasteiger partial charge in [0.05, 0.1) is 30.6 Å². The SMILES string of the molecule is C=CCOC(=O)C[C@@H]1CNC(=O)[C@@H](Cc2ccc(OC)c(Cl)c2)NC(=O)/C=C/C[C@@H]([C@H](C)[C@H]2OC(C)(C)O[C@@H]2c2ccccc2)OC(=O)[C@H](CC(C)C)OC1=O. The van der Waals surface area contributed by atoms with Crippen molar-refractivity contribution in [1.29, 1.82) is 0 Å². The maximum absolute atomic E-state index is 14.0. The molecule has 304 valence electrons. The number of amides is 2. The molecule has 0 bridgehead atoms. The van der Waals surface area contributed by atoms with Crippen molar-refractivity contribution in [2.75, 3.05) is 20.3 Å². The Labute approximate surface area is 333 Å². The maximum Gasteiger partial charge on any atom is 0.347 e. The van der Waals surface area contributed by atoms with E-state index in [4.69, 9.17) is 40.0 Å². The maximum atomic E-state index is 14.0. The zero-order valence-corrected chi connectivity index (χ0v) is 33.5. The average Bonchev–Trinajstić information content (AvgIpc) is 3.49. The largest absolute Gasteiger partial charge is 0.495 e. The van der Waals surface area contributed by atoms with Crippen LogP contribution in [0.3, 0.4) is 0 Å². The number of esters is 3. The summed E-state index contributed by atoms with van der Waals surface area (Å²) >= 11 is 6.36. The van der Waals surface area contributed by atoms with Crippen LogP contribution >= 0.6 is 11.6 Å². The van der Waals surface area contributed by atoms with E-state index < -0.39 is 84.2 Å². The topological polar surface area (TPSA) is 165 Å². The summed E-state index contributed by atoms with van der Waals surface area (Å²) in [5.41, 5.74) is 1.49. The van der Waals surface area contributed by atoms with Crippen LogP contribution in [0.2, 0.25) is 5.02 Å². The number of methoxy groups -OCH3 is 1. The lowest BCUT2D eigenvalue weighted by atomic mass is 9.89. The molecule has 7 atom stereocenters. The Bertz CT molecular complexity index is 1730. The van der Waals surface area contributed by atoms with E-state index in [0.29, 0.717) is 16.3 Å². The highest BCUT2D eigenvalue weighted by molar-refractivity contribution is 6.32. The molecule has 1 fully saturated rings. The van der Waals surface area contributed by atoms with Crippen LogP contribution in [0, 0.1) is 17.8 Å². The second-order valence-corrected chi connectivity index (χ2v) is 15.2. The Morgan fingerprint density at radius 1 is 1.04 bits per heavy atom. The van der Waals surface area contributed by atoms with Crippen LogP contribution in [0.15, 0.2) is 73.3 Å². The Balaban J connectivity index is 1.71. The third kappa shape index (κ3) is 12.7. The van der Waals surface area contributed by atoms with E-state index in [1.54, 1.807) is 38.1 Å². The first-order valence-corrected chi connectivity index (χ1v) is 19.1. The monoisotopic (exact) mass is 796 g/mol. The molecule has 2 heterocycles. The lowest BCUT2D eigenvalue weighted by Gasteiger charge is -2.31. The lowest BCUT2D eigenvalue weighted by Crippen LogP contribution is -2.49. The zero-order chi connectivity index (χ0) is 41.0. The van der Waals surface area contributed by atoms with Gasteiger partial charge in [-0.3, -0.25) is 19.2 Å². The number of halogens is 1. The summed E-state index contributed by atoms with van der Waals surface area (Å²) in [7, 11) is 1.48. The van der Waals surface area contributed by atoms with Gasteiger partial charge in [-0.1, -0.05) is 87.5 Å². The minimum absolute atomic E-state index is 0.0228. The molecule has 0 aromatic heterocycles. The minimum Gasteiger partial charge on any atom is -0.495 e. The molecule has 56 heavy (non-hydrogen) atoms. The molecule has 2 aliphatic heterocycles. The summed E-state index contributed by atoms with van der Waals surface area (Å²) in [6.45, 7) is 12.3. The average molecular weight is 797 g/mol. The van der Waals surface area contributed by atoms with Crippen LogP contribution in [0.25, 0.3) is 0 Å². The van der Waals surface area contributed by atoms with E-state index in [0.717, 1.165) is 5.56 Å². The molecule has 2 aromatic carbocycles. The first-order chi connectivity index (χ1) is 26.6. The van der Waals surface area contributed by atoms with E-state index in [-0.39, 0.29) is 38.3 Å². The van der Waals surface area contributed by atoms with Gasteiger partial charge in [-0.15, -0.1) is 0 Å². The fraction of sp³-hybridized carbons (Fsp3) is 0.500. The number of hydrogen-bond donors (Lipinski definition) is 2. The van der Waals surface area contributed by atoms with Crippen molar-refractivity contribution in [2.45, 2.75) is 96.5 Å². The highest BCUT2D eigenvalue weighted by Gasteiger charge is 2.47. The van der Waals surface area contributed by atoms with Gasteiger partial charge in [0.25, 0.3) is 0 Å². The van der Waals surface area contributed by atoms with Crippen LogP contribution in [0.1, 0.15) is 71.1 Å². The molecule has 2 amide bonds. The van der Waals surface area contributed by atoms with Crippen molar-refractivity contribution < 1.29 is 52.4 Å². The van der Waals surface area contributed by atoms with Crippen LogP contribution in [0.4, 0.5) is 0 Å². The van der Waals surface area contributed by atoms with Gasteiger partial charge in [0.15, 0.2) is 11.9 Å². The van der Waals surface area contributed by atoms with Crippen LogP contribution in [-0.2, 0) is 54.1 Å². The summed E-state index contributed by atoms with van der Waals surface area (Å²) in [4.78, 5) is 67.7. The van der Waals surface area contributed by atoms with Gasteiger partial charge in [-0.2, -0.15) is 0 Å². The number of nitrogens with one attached hydrogen (secondary N) is 2. The number of ether oxygens (including phenoxy) is 6. The predicted octanol–water partition coefficient (Wildman–Crippen LogP) is 5.59. The molecule has 2 N–H and O–H groups in total. The molecule has 4 rings (SSSR count). The van der Waals surface area contributed by atoms with Gasteiger partial charge in [0.2, 0.25) is 11.8 Å². The number of benzene rings is 2. The quantitative estimate of drug-likeness (QED) is 0.156. The minimum atomic E-state index is -1.35. The molecule has 0 radical (unpaired) electrons. The molecule has 2 aliphatic rings. The smallest absolute Gasteiger partial charge is 0.347 e. The third-order valence-electron chi connectivity index (χ3n) is 9.39. The Morgan fingerprint density at radius 3 is 2.43 bits per heavy atom. The summed E-state index contributed by atoms with van der Waals surface area (Å²) in [5.74, 6) is -6.10. The van der Waals surface area contributed by atoms with E-state index in [1.165, 1.54) is 19.3 Å². The Kier molecular flexibility index (Phi) is 16.1. The van der Waals surface area contributed by atoms with Crippen molar-refractivity contribution in [3.05, 3.63) is 89.5 Å². The van der Waals surface area contributed by atoms with E-state index in [1.807, 2.05) is 51.1 Å². The second kappa shape index (κ2) is 20.4. The third-order valence-corrected chi connectivity index (χ3v) is 9.69. The highest BCUT2D eigenvalue weighted by atomic mass is 35.5.